The molecule has 2 aromatic rings. The number of carbonyl (C=O) groups is 2. The Labute approximate surface area is 153 Å². The molecule has 0 bridgehead atoms. The van der Waals surface area contributed by atoms with Crippen LogP contribution in [0.5, 0.6) is 5.75 Å². The van der Waals surface area contributed by atoms with Gasteiger partial charge in [0.2, 0.25) is 5.91 Å². The number of fused-ring (bicyclic) bond motifs is 1. The normalized spacial score (nSPS) is 15.5. The Morgan fingerprint density at radius 1 is 1.15 bits per heavy atom. The van der Waals surface area contributed by atoms with Gasteiger partial charge in [0.05, 0.1) is 0 Å². The van der Waals surface area contributed by atoms with Crippen molar-refractivity contribution in [3.05, 3.63) is 53.6 Å². The van der Waals surface area contributed by atoms with Crippen LogP contribution in [0, 0.1) is 12.8 Å². The van der Waals surface area contributed by atoms with Gasteiger partial charge >= 0.3 is 0 Å². The standard InChI is InChI=1S/C21H22N2O3/c1-14-2-8-18(9-3-14)26-13-20(24)22-17-7-6-15-10-11-23(19(15)12-17)21(25)16-4-5-16/h2-3,6-9,12,16H,4-5,10-11,13H2,1H3,(H,22,24). The molecule has 0 atom stereocenters. The van der Waals surface area contributed by atoms with E-state index in [9.17, 15) is 9.59 Å². The fourth-order valence-corrected chi connectivity index (χ4v) is 3.22. The van der Waals surface area contributed by atoms with E-state index in [0.29, 0.717) is 11.4 Å². The molecular weight excluding hydrogens is 328 g/mol. The molecule has 1 heterocycles. The number of nitrogens with one attached hydrogen (secondary N) is 1. The van der Waals surface area contributed by atoms with E-state index in [2.05, 4.69) is 5.32 Å². The van der Waals surface area contributed by atoms with Crippen molar-refractivity contribution in [2.24, 2.45) is 5.92 Å². The van der Waals surface area contributed by atoms with E-state index in [0.717, 1.165) is 42.6 Å². The van der Waals surface area contributed by atoms with Crippen molar-refractivity contribution in [1.82, 2.24) is 0 Å². The van der Waals surface area contributed by atoms with Gasteiger partial charge in [-0.25, -0.2) is 0 Å². The molecule has 0 aromatic heterocycles. The number of ether oxygens (including phenoxy) is 1. The van der Waals surface area contributed by atoms with Crippen molar-refractivity contribution in [3.8, 4) is 5.75 Å². The molecule has 1 aliphatic heterocycles. The van der Waals surface area contributed by atoms with E-state index in [1.807, 2.05) is 54.3 Å². The molecule has 0 unspecified atom stereocenters. The van der Waals surface area contributed by atoms with E-state index >= 15 is 0 Å². The van der Waals surface area contributed by atoms with Crippen molar-refractivity contribution in [3.63, 3.8) is 0 Å². The Morgan fingerprint density at radius 3 is 2.65 bits per heavy atom. The minimum atomic E-state index is -0.219. The third-order valence-electron chi connectivity index (χ3n) is 4.85. The molecule has 134 valence electrons. The molecule has 2 aromatic carbocycles. The summed E-state index contributed by atoms with van der Waals surface area (Å²) >= 11 is 0. The Hall–Kier alpha value is -2.82. The number of hydrogen-bond acceptors (Lipinski definition) is 3. The zero-order valence-corrected chi connectivity index (χ0v) is 14.8. The van der Waals surface area contributed by atoms with Crippen LogP contribution >= 0.6 is 0 Å². The zero-order chi connectivity index (χ0) is 18.1. The Morgan fingerprint density at radius 2 is 1.92 bits per heavy atom. The minimum Gasteiger partial charge on any atom is -0.484 e. The van der Waals surface area contributed by atoms with Gasteiger partial charge < -0.3 is 15.0 Å². The highest BCUT2D eigenvalue weighted by molar-refractivity contribution is 5.99. The van der Waals surface area contributed by atoms with Crippen molar-refractivity contribution in [2.75, 3.05) is 23.4 Å². The van der Waals surface area contributed by atoms with E-state index in [-0.39, 0.29) is 24.3 Å². The maximum atomic E-state index is 12.4. The molecule has 4 rings (SSSR count). The first kappa shape index (κ1) is 16.6. The van der Waals surface area contributed by atoms with E-state index < -0.39 is 0 Å². The maximum absolute atomic E-state index is 12.4. The van der Waals surface area contributed by atoms with Crippen LogP contribution < -0.4 is 15.0 Å². The number of hydrogen-bond donors (Lipinski definition) is 1. The monoisotopic (exact) mass is 350 g/mol. The Bertz CT molecular complexity index is 841. The molecule has 0 radical (unpaired) electrons. The van der Waals surface area contributed by atoms with Gasteiger partial charge in [0.15, 0.2) is 6.61 Å². The SMILES string of the molecule is Cc1ccc(OCC(=O)Nc2ccc3c(c2)N(C(=O)C2CC2)CC3)cc1. The van der Waals surface area contributed by atoms with Gasteiger partial charge in [-0.15, -0.1) is 0 Å². The van der Waals surface area contributed by atoms with Crippen LogP contribution in [0.1, 0.15) is 24.0 Å². The first-order chi connectivity index (χ1) is 12.6. The van der Waals surface area contributed by atoms with Crippen molar-refractivity contribution in [2.45, 2.75) is 26.2 Å². The molecule has 1 fully saturated rings. The second-order valence-electron chi connectivity index (χ2n) is 7.01. The minimum absolute atomic E-state index is 0.0507. The van der Waals surface area contributed by atoms with E-state index in [4.69, 9.17) is 4.74 Å². The average molecular weight is 350 g/mol. The fraction of sp³-hybridized carbons (Fsp3) is 0.333. The van der Waals surface area contributed by atoms with Gasteiger partial charge in [-0.2, -0.15) is 0 Å². The Kier molecular flexibility index (Phi) is 4.37. The molecule has 1 N–H and O–H groups in total. The number of rotatable bonds is 5. The van der Waals surface area contributed by atoms with Crippen LogP contribution in [0.25, 0.3) is 0 Å². The van der Waals surface area contributed by atoms with Gasteiger partial charge in [-0.05, 0) is 56.0 Å². The van der Waals surface area contributed by atoms with E-state index in [1.165, 1.54) is 0 Å². The fourth-order valence-electron chi connectivity index (χ4n) is 3.22. The molecule has 26 heavy (non-hydrogen) atoms. The predicted molar refractivity (Wildman–Crippen MR) is 101 cm³/mol. The third-order valence-corrected chi connectivity index (χ3v) is 4.85. The first-order valence-corrected chi connectivity index (χ1v) is 9.04. The second-order valence-corrected chi connectivity index (χ2v) is 7.01. The lowest BCUT2D eigenvalue weighted by Crippen LogP contribution is -2.30. The quantitative estimate of drug-likeness (QED) is 0.900. The van der Waals surface area contributed by atoms with Crippen LogP contribution in [-0.4, -0.2) is 25.0 Å². The van der Waals surface area contributed by atoms with E-state index in [1.54, 1.807) is 0 Å². The van der Waals surface area contributed by atoms with Crippen molar-refractivity contribution < 1.29 is 14.3 Å². The number of anilines is 2. The van der Waals surface area contributed by atoms with Crippen LogP contribution in [0.15, 0.2) is 42.5 Å². The molecule has 2 aliphatic rings. The predicted octanol–water partition coefficient (Wildman–Crippen LogP) is 3.31. The van der Waals surface area contributed by atoms with Crippen molar-refractivity contribution >= 4 is 23.2 Å². The van der Waals surface area contributed by atoms with Gasteiger partial charge in [-0.1, -0.05) is 23.8 Å². The molecule has 0 spiro atoms. The van der Waals surface area contributed by atoms with Crippen LogP contribution in [-0.2, 0) is 16.0 Å². The third kappa shape index (κ3) is 3.57. The lowest BCUT2D eigenvalue weighted by molar-refractivity contribution is -0.119. The number of carbonyl (C=O) groups excluding carboxylic acids is 2. The lowest BCUT2D eigenvalue weighted by Gasteiger charge is -2.18. The summed E-state index contributed by atoms with van der Waals surface area (Å²) in [6, 6.07) is 13.4. The molecule has 1 saturated carbocycles. The molecule has 2 amide bonds. The molecular formula is C21H22N2O3. The number of amides is 2. The smallest absolute Gasteiger partial charge is 0.262 e. The zero-order valence-electron chi connectivity index (χ0n) is 14.8. The molecule has 1 aliphatic carbocycles. The topological polar surface area (TPSA) is 58.6 Å². The van der Waals surface area contributed by atoms with Crippen LogP contribution in [0.2, 0.25) is 0 Å². The summed E-state index contributed by atoms with van der Waals surface area (Å²) in [6.07, 6.45) is 2.87. The van der Waals surface area contributed by atoms with Gasteiger partial charge in [0.1, 0.15) is 5.75 Å². The highest BCUT2D eigenvalue weighted by atomic mass is 16.5. The Balaban J connectivity index is 1.39. The number of aryl methyl sites for hydroxylation is 1. The maximum Gasteiger partial charge on any atom is 0.262 e. The van der Waals surface area contributed by atoms with Gasteiger partial charge in [-0.3, -0.25) is 9.59 Å². The number of benzene rings is 2. The van der Waals surface area contributed by atoms with Gasteiger partial charge in [0.25, 0.3) is 5.91 Å². The van der Waals surface area contributed by atoms with Gasteiger partial charge in [0, 0.05) is 23.8 Å². The first-order valence-electron chi connectivity index (χ1n) is 9.04. The van der Waals surface area contributed by atoms with Crippen molar-refractivity contribution in [1.29, 1.82) is 0 Å². The van der Waals surface area contributed by atoms with Crippen LogP contribution in [0.4, 0.5) is 11.4 Å². The molecule has 5 nitrogen and oxygen atoms in total. The summed E-state index contributed by atoms with van der Waals surface area (Å²) in [5.41, 5.74) is 3.93. The summed E-state index contributed by atoms with van der Waals surface area (Å²) in [5, 5.41) is 2.86. The summed E-state index contributed by atoms with van der Waals surface area (Å²) in [6.45, 7) is 2.69. The molecule has 0 saturated heterocycles. The summed E-state index contributed by atoms with van der Waals surface area (Å²) in [5.74, 6) is 0.863. The summed E-state index contributed by atoms with van der Waals surface area (Å²) in [7, 11) is 0. The second kappa shape index (κ2) is 6.83. The highest BCUT2D eigenvalue weighted by Gasteiger charge is 2.36. The lowest BCUT2D eigenvalue weighted by atomic mass is 10.1. The largest absolute Gasteiger partial charge is 0.484 e. The summed E-state index contributed by atoms with van der Waals surface area (Å²) < 4.78 is 5.51. The summed E-state index contributed by atoms with van der Waals surface area (Å²) in [4.78, 5) is 26.4. The number of nitrogens with zero attached hydrogens (tertiary/aromatic N) is 1. The average Bonchev–Trinajstić information content (AvgIpc) is 3.41. The molecule has 5 heteroatoms. The highest BCUT2D eigenvalue weighted by Crippen LogP contribution is 2.37. The van der Waals surface area contributed by atoms with Crippen LogP contribution in [0.3, 0.4) is 0 Å².